The van der Waals surface area contributed by atoms with Crippen LogP contribution in [0.1, 0.15) is 16.9 Å². The topological polar surface area (TPSA) is 86.2 Å². The van der Waals surface area contributed by atoms with Crippen LogP contribution in [0.25, 0.3) is 10.9 Å². The Labute approximate surface area is 160 Å². The summed E-state index contributed by atoms with van der Waals surface area (Å²) in [7, 11) is 0. The molecular formula is C20H16ClN3O3. The summed E-state index contributed by atoms with van der Waals surface area (Å²) in [5, 5.41) is 10.2. The van der Waals surface area contributed by atoms with Gasteiger partial charge >= 0.3 is 5.97 Å². The molecular weight excluding hydrogens is 366 g/mol. The van der Waals surface area contributed by atoms with E-state index in [1.165, 1.54) is 4.90 Å². The molecule has 1 N–H and O–H groups in total. The Morgan fingerprint density at radius 3 is 2.70 bits per heavy atom. The lowest BCUT2D eigenvalue weighted by Gasteiger charge is -2.21. The van der Waals surface area contributed by atoms with Crippen LogP contribution in [0, 0.1) is 11.3 Å². The fourth-order valence-corrected chi connectivity index (χ4v) is 2.85. The van der Waals surface area contributed by atoms with Crippen LogP contribution >= 0.6 is 11.6 Å². The molecule has 6 nitrogen and oxygen atoms in total. The molecule has 0 atom stereocenters. The van der Waals surface area contributed by atoms with Crippen LogP contribution in [-0.4, -0.2) is 30.0 Å². The van der Waals surface area contributed by atoms with Gasteiger partial charge in [-0.05, 0) is 30.3 Å². The van der Waals surface area contributed by atoms with Crippen molar-refractivity contribution in [2.24, 2.45) is 0 Å². The lowest BCUT2D eigenvalue weighted by molar-refractivity contribution is -0.121. The van der Waals surface area contributed by atoms with Gasteiger partial charge in [0, 0.05) is 28.2 Å². The van der Waals surface area contributed by atoms with Crippen molar-refractivity contribution < 1.29 is 14.3 Å². The molecule has 0 saturated heterocycles. The van der Waals surface area contributed by atoms with Crippen LogP contribution in [0.4, 0.5) is 5.69 Å². The van der Waals surface area contributed by atoms with Gasteiger partial charge in [-0.15, -0.1) is 0 Å². The summed E-state index contributed by atoms with van der Waals surface area (Å²) < 4.78 is 5.15. The summed E-state index contributed by atoms with van der Waals surface area (Å²) in [5.74, 6) is -1.05. The Hall–Kier alpha value is -3.30. The number of hydrogen-bond acceptors (Lipinski definition) is 4. The highest BCUT2D eigenvalue weighted by Crippen LogP contribution is 2.20. The molecule has 0 bridgehead atoms. The number of fused-ring (bicyclic) bond motifs is 1. The third-order valence-corrected chi connectivity index (χ3v) is 4.18. The van der Waals surface area contributed by atoms with Gasteiger partial charge in [-0.3, -0.25) is 4.79 Å². The Balaban J connectivity index is 1.69. The summed E-state index contributed by atoms with van der Waals surface area (Å²) in [4.78, 5) is 29.1. The summed E-state index contributed by atoms with van der Waals surface area (Å²) in [6, 6.07) is 17.8. The standard InChI is InChI=1S/C20H16ClN3O3/c21-15-6-3-7-16(12-15)24(10-4-9-22)19(25)13-27-20(26)18-11-14-5-1-2-8-17(14)23-18/h1-3,5-8,11-12,23H,4,10,13H2. The second-order valence-electron chi connectivity index (χ2n) is 5.78. The number of halogens is 1. The number of benzene rings is 2. The minimum Gasteiger partial charge on any atom is -0.451 e. The van der Waals surface area contributed by atoms with E-state index in [-0.39, 0.29) is 18.7 Å². The van der Waals surface area contributed by atoms with Crippen molar-refractivity contribution in [3.63, 3.8) is 0 Å². The van der Waals surface area contributed by atoms with Crippen LogP contribution in [-0.2, 0) is 9.53 Å². The number of aromatic nitrogens is 1. The molecule has 0 aliphatic rings. The van der Waals surface area contributed by atoms with E-state index in [9.17, 15) is 9.59 Å². The van der Waals surface area contributed by atoms with Gasteiger partial charge < -0.3 is 14.6 Å². The van der Waals surface area contributed by atoms with Crippen molar-refractivity contribution >= 4 is 40.1 Å². The first-order valence-corrected chi connectivity index (χ1v) is 8.64. The van der Waals surface area contributed by atoms with E-state index in [1.807, 2.05) is 30.3 Å². The largest absolute Gasteiger partial charge is 0.451 e. The monoisotopic (exact) mass is 381 g/mol. The van der Waals surface area contributed by atoms with Gasteiger partial charge in [-0.25, -0.2) is 4.79 Å². The molecule has 1 amide bonds. The number of H-pyrrole nitrogens is 1. The number of esters is 1. The molecule has 0 spiro atoms. The Morgan fingerprint density at radius 1 is 1.15 bits per heavy atom. The SMILES string of the molecule is N#CCCN(C(=O)COC(=O)c1cc2ccccc2[nH]1)c1cccc(Cl)c1. The summed E-state index contributed by atoms with van der Waals surface area (Å²) in [5.41, 5.74) is 1.63. The number of para-hydroxylation sites is 1. The number of nitriles is 1. The first-order chi connectivity index (χ1) is 13.1. The molecule has 2 aromatic carbocycles. The molecule has 7 heteroatoms. The van der Waals surface area contributed by atoms with Gasteiger partial charge in [0.05, 0.1) is 12.5 Å². The highest BCUT2D eigenvalue weighted by molar-refractivity contribution is 6.30. The average Bonchev–Trinajstić information content (AvgIpc) is 3.11. The van der Waals surface area contributed by atoms with Crippen molar-refractivity contribution in [1.29, 1.82) is 5.26 Å². The molecule has 0 aliphatic carbocycles. The first-order valence-electron chi connectivity index (χ1n) is 8.26. The van der Waals surface area contributed by atoms with Crippen molar-refractivity contribution in [3.05, 3.63) is 65.3 Å². The second kappa shape index (κ2) is 8.39. The van der Waals surface area contributed by atoms with E-state index >= 15 is 0 Å². The Bertz CT molecular complexity index is 989. The number of carbonyl (C=O) groups excluding carboxylic acids is 2. The van der Waals surface area contributed by atoms with E-state index in [2.05, 4.69) is 4.98 Å². The van der Waals surface area contributed by atoms with E-state index in [0.717, 1.165) is 10.9 Å². The maximum absolute atomic E-state index is 12.6. The number of ether oxygens (including phenoxy) is 1. The highest BCUT2D eigenvalue weighted by atomic mass is 35.5. The van der Waals surface area contributed by atoms with Crippen molar-refractivity contribution in [2.45, 2.75) is 6.42 Å². The predicted molar refractivity (Wildman–Crippen MR) is 103 cm³/mol. The van der Waals surface area contributed by atoms with Crippen molar-refractivity contribution in [1.82, 2.24) is 4.98 Å². The molecule has 0 radical (unpaired) electrons. The summed E-state index contributed by atoms with van der Waals surface area (Å²) >= 11 is 5.98. The first kappa shape index (κ1) is 18.5. The molecule has 0 unspecified atom stereocenters. The molecule has 0 aliphatic heterocycles. The zero-order chi connectivity index (χ0) is 19.2. The molecule has 3 aromatic rings. The van der Waals surface area contributed by atoms with Crippen LogP contribution in [0.2, 0.25) is 5.02 Å². The van der Waals surface area contributed by atoms with Crippen molar-refractivity contribution in [2.75, 3.05) is 18.1 Å². The van der Waals surface area contributed by atoms with E-state index in [4.69, 9.17) is 21.6 Å². The zero-order valence-corrected chi connectivity index (χ0v) is 15.1. The van der Waals surface area contributed by atoms with E-state index < -0.39 is 18.5 Å². The van der Waals surface area contributed by atoms with Crippen LogP contribution in [0.15, 0.2) is 54.6 Å². The third-order valence-electron chi connectivity index (χ3n) is 3.94. The van der Waals surface area contributed by atoms with Gasteiger partial charge in [0.1, 0.15) is 5.69 Å². The quantitative estimate of drug-likeness (QED) is 0.655. The van der Waals surface area contributed by atoms with Crippen LogP contribution < -0.4 is 4.90 Å². The maximum atomic E-state index is 12.6. The van der Waals surface area contributed by atoms with E-state index in [1.54, 1.807) is 30.3 Å². The summed E-state index contributed by atoms with van der Waals surface area (Å²) in [6.07, 6.45) is 0.147. The minimum absolute atomic E-state index is 0.147. The Kier molecular flexibility index (Phi) is 5.74. The number of hydrogen-bond donors (Lipinski definition) is 1. The number of nitrogens with zero attached hydrogens (tertiary/aromatic N) is 2. The number of amides is 1. The maximum Gasteiger partial charge on any atom is 0.355 e. The van der Waals surface area contributed by atoms with Crippen molar-refractivity contribution in [3.8, 4) is 6.07 Å². The van der Waals surface area contributed by atoms with Gasteiger partial charge in [0.15, 0.2) is 6.61 Å². The fourth-order valence-electron chi connectivity index (χ4n) is 2.67. The van der Waals surface area contributed by atoms with Crippen LogP contribution in [0.5, 0.6) is 0 Å². The fraction of sp³-hybridized carbons (Fsp3) is 0.150. The molecule has 1 aromatic heterocycles. The third kappa shape index (κ3) is 4.46. The highest BCUT2D eigenvalue weighted by Gasteiger charge is 2.19. The zero-order valence-electron chi connectivity index (χ0n) is 14.3. The van der Waals surface area contributed by atoms with Gasteiger partial charge in [0.2, 0.25) is 0 Å². The lowest BCUT2D eigenvalue weighted by Crippen LogP contribution is -2.35. The Morgan fingerprint density at radius 2 is 1.96 bits per heavy atom. The van der Waals surface area contributed by atoms with Crippen LogP contribution in [0.3, 0.4) is 0 Å². The molecule has 0 fully saturated rings. The van der Waals surface area contributed by atoms with Gasteiger partial charge in [-0.2, -0.15) is 5.26 Å². The smallest absolute Gasteiger partial charge is 0.355 e. The number of rotatable bonds is 6. The van der Waals surface area contributed by atoms with E-state index in [0.29, 0.717) is 10.7 Å². The predicted octanol–water partition coefficient (Wildman–Crippen LogP) is 3.92. The summed E-state index contributed by atoms with van der Waals surface area (Å²) in [6.45, 7) is -0.258. The molecule has 1 heterocycles. The minimum atomic E-state index is -0.620. The second-order valence-corrected chi connectivity index (χ2v) is 6.22. The van der Waals surface area contributed by atoms with Gasteiger partial charge in [0.25, 0.3) is 5.91 Å². The lowest BCUT2D eigenvalue weighted by atomic mass is 10.2. The molecule has 0 saturated carbocycles. The molecule has 136 valence electrons. The molecule has 27 heavy (non-hydrogen) atoms. The molecule has 3 rings (SSSR count). The number of aromatic amines is 1. The number of nitrogens with one attached hydrogen (secondary N) is 1. The number of anilines is 1. The number of carbonyl (C=O) groups is 2. The van der Waals surface area contributed by atoms with Gasteiger partial charge in [-0.1, -0.05) is 35.9 Å². The average molecular weight is 382 g/mol. The normalized spacial score (nSPS) is 10.4.